The highest BCUT2D eigenvalue weighted by Gasteiger charge is 2.57. The highest BCUT2D eigenvalue weighted by Crippen LogP contribution is 2.62. The lowest BCUT2D eigenvalue weighted by atomic mass is 9.60. The van der Waals surface area contributed by atoms with Crippen molar-refractivity contribution in [2.45, 2.75) is 100 Å². The highest BCUT2D eigenvalue weighted by atomic mass is 16.5. The molecule has 0 spiro atoms. The van der Waals surface area contributed by atoms with E-state index in [9.17, 15) is 29.7 Å². The van der Waals surface area contributed by atoms with Gasteiger partial charge < -0.3 is 20.1 Å². The third kappa shape index (κ3) is 4.33. The fourth-order valence-electron chi connectivity index (χ4n) is 7.10. The topological polar surface area (TPSA) is 121 Å². The van der Waals surface area contributed by atoms with Crippen LogP contribution >= 0.6 is 0 Å². The summed E-state index contributed by atoms with van der Waals surface area (Å²) in [5.74, 6) is -3.78. The number of carbonyl (C=O) groups excluding carboxylic acids is 3. The second kappa shape index (κ2) is 9.74. The Bertz CT molecular complexity index is 1390. The highest BCUT2D eigenvalue weighted by molar-refractivity contribution is 6.19. The smallest absolute Gasteiger partial charge is 0.175 e. The standard InChI is InChI=1S/C34H46O7/c1-15(2)18-12-13-34(11)19(14-18)21-26(36)24(25(35)17(5)6)27(37)22(28(21)41-34)20(16(3)4)23-29(38)32(7,8)31(40)33(9,10)30(23)39/h12-13,15-20,36-38H,14H2,1-11H3/t18-,19-,20+,34-/m1/s1. The summed E-state index contributed by atoms with van der Waals surface area (Å²) in [6.07, 6.45) is 4.78. The average Bonchev–Trinajstić information content (AvgIpc) is 3.18. The van der Waals surface area contributed by atoms with Gasteiger partial charge in [-0.05, 0) is 64.9 Å². The largest absolute Gasteiger partial charge is 0.511 e. The number of fused-ring (bicyclic) bond motifs is 3. The SMILES string of the molecule is CC(C)C(=O)c1c(O)c([C@@H](C2=C(O)C(C)(C)C(=O)C(C)(C)C2=O)C(C)C)c2c(c1O)[C@H]1C[C@H](C(C)C)C=C[C@@]1(C)O2. The zero-order valence-corrected chi connectivity index (χ0v) is 26.3. The second-order valence-electron chi connectivity index (χ2n) is 14.5. The predicted molar refractivity (Wildman–Crippen MR) is 158 cm³/mol. The molecule has 0 unspecified atom stereocenters. The molecule has 1 aromatic rings. The van der Waals surface area contributed by atoms with Crippen molar-refractivity contribution in [2.75, 3.05) is 0 Å². The Hall–Kier alpha value is -3.09. The number of aliphatic hydroxyl groups is 1. The number of ketones is 3. The molecule has 7 nitrogen and oxygen atoms in total. The normalized spacial score (nSPS) is 27.4. The first kappa shape index (κ1) is 30.9. The van der Waals surface area contributed by atoms with Crippen LogP contribution in [-0.4, -0.2) is 38.3 Å². The summed E-state index contributed by atoms with van der Waals surface area (Å²) in [6.45, 7) is 19.6. The first-order chi connectivity index (χ1) is 18.7. The fourth-order valence-corrected chi connectivity index (χ4v) is 7.10. The van der Waals surface area contributed by atoms with E-state index in [-0.39, 0.29) is 51.7 Å². The van der Waals surface area contributed by atoms with Gasteiger partial charge in [0.05, 0.1) is 10.8 Å². The molecular formula is C34H46O7. The summed E-state index contributed by atoms with van der Waals surface area (Å²) in [6, 6.07) is 0. The quantitative estimate of drug-likeness (QED) is 0.190. The van der Waals surface area contributed by atoms with E-state index in [0.717, 1.165) is 0 Å². The van der Waals surface area contributed by atoms with Crippen LogP contribution < -0.4 is 4.74 Å². The van der Waals surface area contributed by atoms with Crippen molar-refractivity contribution in [1.82, 2.24) is 0 Å². The minimum absolute atomic E-state index is 0.0277. The molecule has 0 radical (unpaired) electrons. The summed E-state index contributed by atoms with van der Waals surface area (Å²) < 4.78 is 6.63. The Balaban J connectivity index is 2.13. The zero-order chi connectivity index (χ0) is 31.1. The number of benzene rings is 1. The molecule has 1 aromatic carbocycles. The monoisotopic (exact) mass is 566 g/mol. The number of rotatable bonds is 6. The predicted octanol–water partition coefficient (Wildman–Crippen LogP) is 7.16. The first-order valence-corrected chi connectivity index (χ1v) is 14.8. The molecule has 3 N–H and O–H groups in total. The lowest BCUT2D eigenvalue weighted by Gasteiger charge is -2.41. The van der Waals surface area contributed by atoms with Crippen LogP contribution in [-0.2, 0) is 9.59 Å². The number of aromatic hydroxyl groups is 2. The molecule has 1 aliphatic heterocycles. The number of phenols is 2. The fraction of sp³-hybridized carbons (Fsp3) is 0.618. The van der Waals surface area contributed by atoms with E-state index >= 15 is 0 Å². The summed E-state index contributed by atoms with van der Waals surface area (Å²) in [4.78, 5) is 40.9. The van der Waals surface area contributed by atoms with Gasteiger partial charge in [-0.25, -0.2) is 0 Å². The summed E-state index contributed by atoms with van der Waals surface area (Å²) in [5.41, 5.74) is -3.14. The van der Waals surface area contributed by atoms with Gasteiger partial charge in [0.2, 0.25) is 0 Å². The minimum Gasteiger partial charge on any atom is -0.511 e. The molecule has 2 aliphatic carbocycles. The molecule has 0 bridgehead atoms. The number of aliphatic hydroxyl groups excluding tert-OH is 1. The molecule has 0 saturated carbocycles. The van der Waals surface area contributed by atoms with Crippen LogP contribution in [0.15, 0.2) is 23.5 Å². The van der Waals surface area contributed by atoms with Crippen molar-refractivity contribution < 1.29 is 34.4 Å². The van der Waals surface area contributed by atoms with Gasteiger partial charge in [0.15, 0.2) is 17.3 Å². The maximum atomic E-state index is 14.0. The van der Waals surface area contributed by atoms with E-state index in [1.165, 1.54) is 0 Å². The maximum Gasteiger partial charge on any atom is 0.175 e. The number of hydrogen-bond donors (Lipinski definition) is 3. The van der Waals surface area contributed by atoms with Crippen molar-refractivity contribution in [2.24, 2.45) is 34.5 Å². The van der Waals surface area contributed by atoms with E-state index in [2.05, 4.69) is 19.9 Å². The Morgan fingerprint density at radius 3 is 2.02 bits per heavy atom. The molecule has 0 saturated heterocycles. The van der Waals surface area contributed by atoms with Crippen LogP contribution in [0.5, 0.6) is 17.2 Å². The van der Waals surface area contributed by atoms with Crippen LogP contribution in [0, 0.1) is 34.5 Å². The van der Waals surface area contributed by atoms with Crippen molar-refractivity contribution in [1.29, 1.82) is 0 Å². The van der Waals surface area contributed by atoms with Gasteiger partial charge in [0.25, 0.3) is 0 Å². The van der Waals surface area contributed by atoms with E-state index < -0.39 is 51.4 Å². The number of hydrogen-bond acceptors (Lipinski definition) is 7. The van der Waals surface area contributed by atoms with Crippen LogP contribution in [0.2, 0.25) is 0 Å². The molecule has 224 valence electrons. The molecule has 0 aromatic heterocycles. The first-order valence-electron chi connectivity index (χ1n) is 14.8. The molecule has 3 aliphatic rings. The number of carbonyl (C=O) groups is 3. The van der Waals surface area contributed by atoms with E-state index in [1.807, 2.05) is 26.8 Å². The minimum atomic E-state index is -1.42. The van der Waals surface area contributed by atoms with Gasteiger partial charge in [0, 0.05) is 34.5 Å². The summed E-state index contributed by atoms with van der Waals surface area (Å²) in [5, 5.41) is 35.1. The van der Waals surface area contributed by atoms with Crippen LogP contribution in [0.4, 0.5) is 0 Å². The van der Waals surface area contributed by atoms with E-state index in [1.54, 1.807) is 41.5 Å². The Labute approximate surface area is 243 Å². The molecule has 1 heterocycles. The van der Waals surface area contributed by atoms with Gasteiger partial charge >= 0.3 is 0 Å². The Morgan fingerprint density at radius 1 is 0.927 bits per heavy atom. The molecular weight excluding hydrogens is 520 g/mol. The second-order valence-corrected chi connectivity index (χ2v) is 14.5. The van der Waals surface area contributed by atoms with Gasteiger partial charge in [0.1, 0.15) is 34.2 Å². The van der Waals surface area contributed by atoms with Crippen molar-refractivity contribution in [3.05, 3.63) is 40.2 Å². The van der Waals surface area contributed by atoms with Gasteiger partial charge in [-0.3, -0.25) is 14.4 Å². The third-order valence-corrected chi connectivity index (χ3v) is 9.73. The van der Waals surface area contributed by atoms with E-state index in [4.69, 9.17) is 4.74 Å². The number of phenolic OH excluding ortho intramolecular Hbond substituents is 2. The Morgan fingerprint density at radius 2 is 1.51 bits per heavy atom. The lowest BCUT2D eigenvalue weighted by molar-refractivity contribution is -0.144. The van der Waals surface area contributed by atoms with Gasteiger partial charge in [-0.2, -0.15) is 0 Å². The molecule has 4 rings (SSSR count). The lowest BCUT2D eigenvalue weighted by Crippen LogP contribution is -2.50. The van der Waals surface area contributed by atoms with E-state index in [0.29, 0.717) is 17.9 Å². The van der Waals surface area contributed by atoms with Crippen LogP contribution in [0.3, 0.4) is 0 Å². The molecule has 4 atom stereocenters. The number of allylic oxidation sites excluding steroid dienone is 3. The molecule has 0 fully saturated rings. The third-order valence-electron chi connectivity index (χ3n) is 9.73. The van der Waals surface area contributed by atoms with Crippen LogP contribution in [0.1, 0.15) is 116 Å². The number of Topliss-reactive ketones (excluding diaryl/α,β-unsaturated/α-hetero) is 3. The molecule has 41 heavy (non-hydrogen) atoms. The summed E-state index contributed by atoms with van der Waals surface area (Å²) in [7, 11) is 0. The Kier molecular flexibility index (Phi) is 7.33. The molecule has 7 heteroatoms. The number of ether oxygens (including phenoxy) is 1. The molecule has 0 amide bonds. The van der Waals surface area contributed by atoms with Gasteiger partial charge in [-0.15, -0.1) is 0 Å². The van der Waals surface area contributed by atoms with Crippen molar-refractivity contribution in [3.8, 4) is 17.2 Å². The van der Waals surface area contributed by atoms with Crippen molar-refractivity contribution in [3.63, 3.8) is 0 Å². The van der Waals surface area contributed by atoms with Crippen LogP contribution in [0.25, 0.3) is 0 Å². The van der Waals surface area contributed by atoms with Crippen molar-refractivity contribution >= 4 is 17.3 Å². The maximum absolute atomic E-state index is 14.0. The zero-order valence-electron chi connectivity index (χ0n) is 26.3. The van der Waals surface area contributed by atoms with Gasteiger partial charge in [-0.1, -0.05) is 47.6 Å². The average molecular weight is 567 g/mol. The summed E-state index contributed by atoms with van der Waals surface area (Å²) >= 11 is 0.